The topological polar surface area (TPSA) is 48.7 Å². The molecular weight excluding hydrogens is 222 g/mol. The smallest absolute Gasteiger partial charge is 0.143 e. The molecule has 1 N–H and O–H groups in total. The van der Waals surface area contributed by atoms with E-state index in [1.165, 1.54) is 17.7 Å². The molecule has 0 saturated carbocycles. The highest BCUT2D eigenvalue weighted by Gasteiger charge is 2.29. The zero-order chi connectivity index (χ0) is 13.3. The number of aromatic nitrogens is 1. The van der Waals surface area contributed by atoms with Crippen LogP contribution in [-0.2, 0) is 12.8 Å². The van der Waals surface area contributed by atoms with Crippen LogP contribution in [0.15, 0.2) is 6.07 Å². The van der Waals surface area contributed by atoms with Gasteiger partial charge in [-0.05, 0) is 42.2 Å². The van der Waals surface area contributed by atoms with Crippen molar-refractivity contribution in [2.75, 3.05) is 12.4 Å². The van der Waals surface area contributed by atoms with E-state index in [0.717, 1.165) is 12.8 Å². The maximum absolute atomic E-state index is 9.15. The van der Waals surface area contributed by atoms with Crippen molar-refractivity contribution < 1.29 is 0 Å². The van der Waals surface area contributed by atoms with Crippen LogP contribution in [0.4, 0.5) is 5.82 Å². The molecule has 18 heavy (non-hydrogen) atoms. The highest BCUT2D eigenvalue weighted by molar-refractivity contribution is 5.54. The Morgan fingerprint density at radius 1 is 1.44 bits per heavy atom. The fraction of sp³-hybridized carbons (Fsp3) is 0.600. The summed E-state index contributed by atoms with van der Waals surface area (Å²) in [6.07, 6.45) is 3.26. The number of pyridine rings is 1. The number of anilines is 1. The lowest BCUT2D eigenvalue weighted by molar-refractivity contribution is 0.215. The summed E-state index contributed by atoms with van der Waals surface area (Å²) in [7, 11) is 1.82. The molecule has 1 heterocycles. The third-order valence-electron chi connectivity index (χ3n) is 3.97. The molecule has 1 aromatic rings. The van der Waals surface area contributed by atoms with Gasteiger partial charge in [-0.2, -0.15) is 5.26 Å². The van der Waals surface area contributed by atoms with Gasteiger partial charge in [0, 0.05) is 12.7 Å². The fourth-order valence-corrected chi connectivity index (χ4v) is 2.68. The van der Waals surface area contributed by atoms with Crippen molar-refractivity contribution in [2.24, 2.45) is 11.3 Å². The van der Waals surface area contributed by atoms with Crippen molar-refractivity contribution in [1.29, 1.82) is 5.26 Å². The summed E-state index contributed by atoms with van der Waals surface area (Å²) in [5.74, 6) is 1.39. The second-order valence-electron chi connectivity index (χ2n) is 6.16. The molecule has 1 aliphatic rings. The molecule has 0 bridgehead atoms. The van der Waals surface area contributed by atoms with Crippen LogP contribution in [0.25, 0.3) is 0 Å². The number of rotatable bonds is 1. The minimum Gasteiger partial charge on any atom is -0.372 e. The first kappa shape index (κ1) is 12.9. The number of nitrogens with one attached hydrogen (secondary N) is 1. The minimum atomic E-state index is 0.326. The first-order valence-corrected chi connectivity index (χ1v) is 6.56. The molecule has 0 spiro atoms. The third kappa shape index (κ3) is 2.33. The summed E-state index contributed by atoms with van der Waals surface area (Å²) in [6.45, 7) is 6.88. The Balaban J connectivity index is 2.36. The molecule has 1 aliphatic carbocycles. The standard InChI is InChI=1S/C15H21N3/c1-15(2,3)12-5-6-13-10(8-12)7-11(9-16)14(17-4)18-13/h7,12H,5-6,8H2,1-4H3,(H,17,18). The first-order valence-electron chi connectivity index (χ1n) is 6.56. The van der Waals surface area contributed by atoms with Gasteiger partial charge in [0.1, 0.15) is 11.9 Å². The van der Waals surface area contributed by atoms with Crippen LogP contribution in [0.5, 0.6) is 0 Å². The molecule has 1 aromatic heterocycles. The van der Waals surface area contributed by atoms with Gasteiger partial charge in [0.2, 0.25) is 0 Å². The van der Waals surface area contributed by atoms with E-state index in [1.807, 2.05) is 13.1 Å². The SMILES string of the molecule is CNc1nc2c(cc1C#N)CC(C(C)(C)C)CC2. The van der Waals surface area contributed by atoms with Crippen LogP contribution in [0.1, 0.15) is 44.0 Å². The van der Waals surface area contributed by atoms with Gasteiger partial charge in [-0.3, -0.25) is 0 Å². The summed E-state index contributed by atoms with van der Waals surface area (Å²) in [5.41, 5.74) is 3.41. The monoisotopic (exact) mass is 243 g/mol. The van der Waals surface area contributed by atoms with Crippen LogP contribution in [-0.4, -0.2) is 12.0 Å². The highest BCUT2D eigenvalue weighted by Crippen LogP contribution is 2.37. The van der Waals surface area contributed by atoms with E-state index in [9.17, 15) is 0 Å². The van der Waals surface area contributed by atoms with Crippen molar-refractivity contribution in [3.05, 3.63) is 22.9 Å². The van der Waals surface area contributed by atoms with Gasteiger partial charge in [0.25, 0.3) is 0 Å². The third-order valence-corrected chi connectivity index (χ3v) is 3.97. The number of nitrogens with zero attached hydrogens (tertiary/aromatic N) is 2. The Labute approximate surface area is 109 Å². The summed E-state index contributed by atoms with van der Waals surface area (Å²) < 4.78 is 0. The summed E-state index contributed by atoms with van der Waals surface area (Å²) in [5, 5.41) is 12.2. The Hall–Kier alpha value is -1.56. The summed E-state index contributed by atoms with van der Waals surface area (Å²) in [6, 6.07) is 4.25. The van der Waals surface area contributed by atoms with Gasteiger partial charge in [0.05, 0.1) is 5.56 Å². The minimum absolute atomic E-state index is 0.326. The predicted molar refractivity (Wildman–Crippen MR) is 73.5 cm³/mol. The highest BCUT2D eigenvalue weighted by atomic mass is 15.0. The lowest BCUT2D eigenvalue weighted by atomic mass is 9.71. The Kier molecular flexibility index (Phi) is 3.30. The van der Waals surface area contributed by atoms with Crippen molar-refractivity contribution >= 4 is 5.82 Å². The average Bonchev–Trinajstić information content (AvgIpc) is 2.35. The van der Waals surface area contributed by atoms with Gasteiger partial charge < -0.3 is 5.32 Å². The van der Waals surface area contributed by atoms with E-state index in [0.29, 0.717) is 22.7 Å². The zero-order valence-corrected chi connectivity index (χ0v) is 11.7. The van der Waals surface area contributed by atoms with Gasteiger partial charge in [-0.1, -0.05) is 20.8 Å². The molecule has 96 valence electrons. The quantitative estimate of drug-likeness (QED) is 0.824. The second kappa shape index (κ2) is 4.61. The normalized spacial score (nSPS) is 18.9. The zero-order valence-electron chi connectivity index (χ0n) is 11.7. The van der Waals surface area contributed by atoms with Gasteiger partial charge >= 0.3 is 0 Å². The van der Waals surface area contributed by atoms with Crippen LogP contribution in [0, 0.1) is 22.7 Å². The van der Waals surface area contributed by atoms with E-state index < -0.39 is 0 Å². The van der Waals surface area contributed by atoms with Crippen LogP contribution >= 0.6 is 0 Å². The van der Waals surface area contributed by atoms with Crippen molar-refractivity contribution in [3.63, 3.8) is 0 Å². The molecule has 0 saturated heterocycles. The molecule has 3 heteroatoms. The van der Waals surface area contributed by atoms with Crippen LogP contribution < -0.4 is 5.32 Å². The molecule has 0 amide bonds. The molecule has 0 radical (unpaired) electrons. The van der Waals surface area contributed by atoms with E-state index in [-0.39, 0.29) is 0 Å². The number of hydrogen-bond donors (Lipinski definition) is 1. The molecule has 1 atom stereocenters. The second-order valence-corrected chi connectivity index (χ2v) is 6.16. The van der Waals surface area contributed by atoms with E-state index in [1.54, 1.807) is 0 Å². The molecule has 2 rings (SSSR count). The maximum atomic E-state index is 9.15. The number of aryl methyl sites for hydroxylation is 1. The molecular formula is C15H21N3. The Morgan fingerprint density at radius 2 is 2.17 bits per heavy atom. The number of nitriles is 1. The lowest BCUT2D eigenvalue weighted by Crippen LogP contribution is -2.27. The van der Waals surface area contributed by atoms with Crippen molar-refractivity contribution in [2.45, 2.75) is 40.0 Å². The summed E-state index contributed by atoms with van der Waals surface area (Å²) >= 11 is 0. The maximum Gasteiger partial charge on any atom is 0.143 e. The van der Waals surface area contributed by atoms with E-state index >= 15 is 0 Å². The van der Waals surface area contributed by atoms with Crippen LogP contribution in [0.3, 0.4) is 0 Å². The average molecular weight is 243 g/mol. The Bertz CT molecular complexity index is 492. The van der Waals surface area contributed by atoms with E-state index in [4.69, 9.17) is 5.26 Å². The van der Waals surface area contributed by atoms with Crippen molar-refractivity contribution in [3.8, 4) is 6.07 Å². The lowest BCUT2D eigenvalue weighted by Gasteiger charge is -2.34. The largest absolute Gasteiger partial charge is 0.372 e. The van der Waals surface area contributed by atoms with Gasteiger partial charge in [-0.15, -0.1) is 0 Å². The van der Waals surface area contributed by atoms with Crippen molar-refractivity contribution in [1.82, 2.24) is 4.98 Å². The number of fused-ring (bicyclic) bond motifs is 1. The van der Waals surface area contributed by atoms with Crippen LogP contribution in [0.2, 0.25) is 0 Å². The van der Waals surface area contributed by atoms with E-state index in [2.05, 4.69) is 37.1 Å². The molecule has 0 aliphatic heterocycles. The molecule has 0 aromatic carbocycles. The van der Waals surface area contributed by atoms with Gasteiger partial charge in [-0.25, -0.2) is 4.98 Å². The molecule has 1 unspecified atom stereocenters. The Morgan fingerprint density at radius 3 is 2.72 bits per heavy atom. The van der Waals surface area contributed by atoms with Gasteiger partial charge in [0.15, 0.2) is 0 Å². The fourth-order valence-electron chi connectivity index (χ4n) is 2.68. The predicted octanol–water partition coefficient (Wildman–Crippen LogP) is 3.15. The first-order chi connectivity index (χ1) is 8.45. The number of hydrogen-bond acceptors (Lipinski definition) is 3. The molecule has 3 nitrogen and oxygen atoms in total. The summed E-state index contributed by atoms with van der Waals surface area (Å²) in [4.78, 5) is 4.59. The molecule has 0 fully saturated rings.